The second-order valence-electron chi connectivity index (χ2n) is 5.77. The Balaban J connectivity index is 1.82. The Hall–Kier alpha value is -4.03. The molecule has 0 aliphatic heterocycles. The quantitative estimate of drug-likeness (QED) is 0.337. The molecule has 0 aliphatic carbocycles. The molecule has 0 atom stereocenters. The van der Waals surface area contributed by atoms with Gasteiger partial charge in [0.2, 0.25) is 0 Å². The zero-order valence-corrected chi connectivity index (χ0v) is 15.2. The molecule has 2 aromatic carbocycles. The highest BCUT2D eigenvalue weighted by Gasteiger charge is 2.30. The van der Waals surface area contributed by atoms with E-state index in [1.54, 1.807) is 0 Å². The Morgan fingerprint density at radius 3 is 2.50 bits per heavy atom. The maximum atomic E-state index is 12.7. The van der Waals surface area contributed by atoms with Gasteiger partial charge in [0.15, 0.2) is 18.2 Å². The summed E-state index contributed by atoms with van der Waals surface area (Å²) >= 11 is 0. The van der Waals surface area contributed by atoms with Crippen molar-refractivity contribution >= 4 is 11.7 Å². The van der Waals surface area contributed by atoms with Crippen LogP contribution in [0.25, 0.3) is 5.69 Å². The molecule has 0 spiro atoms. The number of rotatable bonds is 6. The Bertz CT molecular complexity index is 1080. The number of tetrazole rings is 1. The highest BCUT2D eigenvalue weighted by molar-refractivity contribution is 5.90. The summed E-state index contributed by atoms with van der Waals surface area (Å²) in [7, 11) is 1.14. The van der Waals surface area contributed by atoms with Crippen molar-refractivity contribution in [2.75, 3.05) is 7.11 Å². The number of alkyl halides is 3. The van der Waals surface area contributed by atoms with Crippen molar-refractivity contribution in [2.45, 2.75) is 12.8 Å². The summed E-state index contributed by atoms with van der Waals surface area (Å²) in [5.74, 6) is -0.827. The summed E-state index contributed by atoms with van der Waals surface area (Å²) in [5, 5.41) is 22.2. The SMILES string of the molecule is COC(=O)c1ccc(OCc2nnnn2-c2ccc(C(F)(F)F)cc2)c([N+](=O)[O-])c1. The number of ether oxygens (including phenoxy) is 2. The number of carbonyl (C=O) groups is 1. The third kappa shape index (κ3) is 4.34. The number of esters is 1. The summed E-state index contributed by atoms with van der Waals surface area (Å²) in [4.78, 5) is 22.1. The zero-order chi connectivity index (χ0) is 21.9. The van der Waals surface area contributed by atoms with Crippen molar-refractivity contribution in [2.24, 2.45) is 0 Å². The Labute approximate surface area is 166 Å². The molecule has 0 unspecified atom stereocenters. The molecule has 156 valence electrons. The minimum Gasteiger partial charge on any atom is -0.478 e. The lowest BCUT2D eigenvalue weighted by Gasteiger charge is -2.10. The van der Waals surface area contributed by atoms with Gasteiger partial charge in [-0.2, -0.15) is 17.9 Å². The first kappa shape index (κ1) is 20.7. The summed E-state index contributed by atoms with van der Waals surface area (Å²) < 4.78 is 49.2. The van der Waals surface area contributed by atoms with Crippen LogP contribution >= 0.6 is 0 Å². The molecule has 0 amide bonds. The number of hydrogen-bond acceptors (Lipinski definition) is 8. The van der Waals surface area contributed by atoms with E-state index in [-0.39, 0.29) is 29.4 Å². The molecular formula is C17H12F3N5O5. The summed E-state index contributed by atoms with van der Waals surface area (Å²) in [6.45, 7) is -0.327. The number of methoxy groups -OCH3 is 1. The van der Waals surface area contributed by atoms with E-state index in [0.717, 1.165) is 30.0 Å². The minimum atomic E-state index is -4.49. The fourth-order valence-electron chi connectivity index (χ4n) is 2.46. The predicted octanol–water partition coefficient (Wildman–Crippen LogP) is 2.95. The molecule has 30 heavy (non-hydrogen) atoms. The van der Waals surface area contributed by atoms with Gasteiger partial charge in [-0.05, 0) is 46.8 Å². The highest BCUT2D eigenvalue weighted by atomic mass is 19.4. The van der Waals surface area contributed by atoms with E-state index in [1.807, 2.05) is 0 Å². The van der Waals surface area contributed by atoms with Gasteiger partial charge in [0, 0.05) is 6.07 Å². The summed E-state index contributed by atoms with van der Waals surface area (Å²) in [5.41, 5.74) is -1.11. The average molecular weight is 423 g/mol. The van der Waals surface area contributed by atoms with E-state index in [2.05, 4.69) is 20.3 Å². The monoisotopic (exact) mass is 423 g/mol. The molecule has 0 aliphatic rings. The van der Waals surface area contributed by atoms with Gasteiger partial charge in [0.05, 0.1) is 28.8 Å². The van der Waals surface area contributed by atoms with Crippen LogP contribution in [-0.4, -0.2) is 38.2 Å². The second-order valence-corrected chi connectivity index (χ2v) is 5.77. The van der Waals surface area contributed by atoms with E-state index in [4.69, 9.17) is 4.74 Å². The van der Waals surface area contributed by atoms with E-state index in [0.29, 0.717) is 0 Å². The van der Waals surface area contributed by atoms with Crippen molar-refractivity contribution < 1.29 is 32.4 Å². The van der Waals surface area contributed by atoms with Crippen LogP contribution in [0.2, 0.25) is 0 Å². The number of hydrogen-bond donors (Lipinski definition) is 0. The molecule has 0 radical (unpaired) electrons. The van der Waals surface area contributed by atoms with Crippen LogP contribution in [0.4, 0.5) is 18.9 Å². The lowest BCUT2D eigenvalue weighted by molar-refractivity contribution is -0.386. The summed E-state index contributed by atoms with van der Waals surface area (Å²) in [6, 6.07) is 7.60. The number of nitro benzene ring substituents is 1. The normalized spacial score (nSPS) is 11.2. The first-order chi connectivity index (χ1) is 14.2. The standard InChI is InChI=1S/C17H12F3N5O5/c1-29-16(26)10-2-7-14(13(8-10)25(27)28)30-9-15-21-22-23-24(15)12-5-3-11(4-6-12)17(18,19)20/h2-8H,9H2,1H3. The van der Waals surface area contributed by atoms with E-state index >= 15 is 0 Å². The minimum absolute atomic E-state index is 0.0360. The van der Waals surface area contributed by atoms with Crippen molar-refractivity contribution in [1.29, 1.82) is 0 Å². The van der Waals surface area contributed by atoms with E-state index < -0.39 is 28.3 Å². The van der Waals surface area contributed by atoms with Crippen LogP contribution in [0.5, 0.6) is 5.75 Å². The third-order valence-corrected chi connectivity index (χ3v) is 3.91. The number of nitro groups is 1. The van der Waals surface area contributed by atoms with Crippen molar-refractivity contribution in [3.05, 3.63) is 69.5 Å². The fourth-order valence-corrected chi connectivity index (χ4v) is 2.46. The molecule has 0 N–H and O–H groups in total. The average Bonchev–Trinajstić information content (AvgIpc) is 3.19. The van der Waals surface area contributed by atoms with Crippen molar-refractivity contribution in [3.63, 3.8) is 0 Å². The van der Waals surface area contributed by atoms with Gasteiger partial charge in [0.1, 0.15) is 0 Å². The van der Waals surface area contributed by atoms with Crippen LogP contribution < -0.4 is 4.74 Å². The second kappa shape index (κ2) is 8.14. The summed E-state index contributed by atoms with van der Waals surface area (Å²) in [6.07, 6.45) is -4.49. The molecule has 1 heterocycles. The van der Waals surface area contributed by atoms with Crippen LogP contribution in [0, 0.1) is 10.1 Å². The predicted molar refractivity (Wildman–Crippen MR) is 92.9 cm³/mol. The van der Waals surface area contributed by atoms with Crippen LogP contribution in [0.3, 0.4) is 0 Å². The third-order valence-electron chi connectivity index (χ3n) is 3.91. The van der Waals surface area contributed by atoms with E-state index in [1.165, 1.54) is 24.3 Å². The molecule has 3 aromatic rings. The first-order valence-corrected chi connectivity index (χ1v) is 8.15. The number of nitrogens with zero attached hydrogens (tertiary/aromatic N) is 5. The van der Waals surface area contributed by atoms with Gasteiger partial charge in [0.25, 0.3) is 0 Å². The van der Waals surface area contributed by atoms with Gasteiger partial charge in [-0.3, -0.25) is 10.1 Å². The van der Waals surface area contributed by atoms with Crippen LogP contribution in [-0.2, 0) is 17.5 Å². The van der Waals surface area contributed by atoms with Gasteiger partial charge in [-0.1, -0.05) is 0 Å². The van der Waals surface area contributed by atoms with Crippen molar-refractivity contribution in [3.8, 4) is 11.4 Å². The van der Waals surface area contributed by atoms with Gasteiger partial charge in [-0.15, -0.1) is 5.10 Å². The molecule has 3 rings (SSSR count). The Morgan fingerprint density at radius 2 is 1.90 bits per heavy atom. The maximum absolute atomic E-state index is 12.7. The number of halogens is 3. The number of carbonyl (C=O) groups excluding carboxylic acids is 1. The van der Waals surface area contributed by atoms with Gasteiger partial charge < -0.3 is 9.47 Å². The lowest BCUT2D eigenvalue weighted by atomic mass is 10.2. The number of benzene rings is 2. The van der Waals surface area contributed by atoms with E-state index in [9.17, 15) is 28.1 Å². The maximum Gasteiger partial charge on any atom is 0.416 e. The topological polar surface area (TPSA) is 122 Å². The molecule has 1 aromatic heterocycles. The molecule has 0 saturated carbocycles. The molecule has 13 heteroatoms. The lowest BCUT2D eigenvalue weighted by Crippen LogP contribution is -2.09. The molecular weight excluding hydrogens is 411 g/mol. The molecule has 0 bridgehead atoms. The molecule has 0 fully saturated rings. The fraction of sp³-hybridized carbons (Fsp3) is 0.176. The zero-order valence-electron chi connectivity index (χ0n) is 15.2. The van der Waals surface area contributed by atoms with Gasteiger partial charge in [-0.25, -0.2) is 4.79 Å². The molecule has 0 saturated heterocycles. The van der Waals surface area contributed by atoms with Gasteiger partial charge >= 0.3 is 17.8 Å². The Kier molecular flexibility index (Phi) is 5.62. The Morgan fingerprint density at radius 1 is 1.20 bits per heavy atom. The smallest absolute Gasteiger partial charge is 0.416 e. The van der Waals surface area contributed by atoms with Crippen LogP contribution in [0.1, 0.15) is 21.7 Å². The van der Waals surface area contributed by atoms with Crippen molar-refractivity contribution in [1.82, 2.24) is 20.2 Å². The molecule has 10 nitrogen and oxygen atoms in total. The largest absolute Gasteiger partial charge is 0.478 e. The first-order valence-electron chi connectivity index (χ1n) is 8.15. The van der Waals surface area contributed by atoms with Crippen LogP contribution in [0.15, 0.2) is 42.5 Å². The number of aromatic nitrogens is 4. The highest BCUT2D eigenvalue weighted by Crippen LogP contribution is 2.30.